The number of fused-ring (bicyclic) bond motifs is 1. The predicted molar refractivity (Wildman–Crippen MR) is 95.8 cm³/mol. The molecule has 3 aromatic rings. The smallest absolute Gasteiger partial charge is 0.291 e. The van der Waals surface area contributed by atoms with E-state index < -0.39 is 6.10 Å². The van der Waals surface area contributed by atoms with E-state index in [2.05, 4.69) is 10.6 Å². The maximum atomic E-state index is 12.3. The highest BCUT2D eigenvalue weighted by atomic mass is 35.5. The first kappa shape index (κ1) is 16.4. The summed E-state index contributed by atoms with van der Waals surface area (Å²) < 4.78 is 5.55. The molecule has 1 aromatic heterocycles. The molecule has 5 nitrogen and oxygen atoms in total. The summed E-state index contributed by atoms with van der Waals surface area (Å²) in [5.74, 6) is 0.103. The summed E-state index contributed by atoms with van der Waals surface area (Å²) in [6, 6.07) is 16.4. The second kappa shape index (κ2) is 7.38. The van der Waals surface area contributed by atoms with Gasteiger partial charge in [-0.1, -0.05) is 24.3 Å². The molecule has 124 valence electrons. The molecule has 0 spiro atoms. The number of carbonyl (C=O) groups is 1. The average Bonchev–Trinajstić information content (AvgIpc) is 3.04. The summed E-state index contributed by atoms with van der Waals surface area (Å²) in [5, 5.41) is 16.2. The molecule has 2 aromatic carbocycles. The van der Waals surface area contributed by atoms with E-state index in [0.29, 0.717) is 17.8 Å². The molecule has 0 aliphatic carbocycles. The topological polar surface area (TPSA) is 74.5 Å². The number of alkyl halides is 1. The molecule has 0 saturated carbocycles. The van der Waals surface area contributed by atoms with Crippen molar-refractivity contribution in [3.8, 4) is 0 Å². The zero-order chi connectivity index (χ0) is 16.9. The monoisotopic (exact) mass is 344 g/mol. The van der Waals surface area contributed by atoms with E-state index >= 15 is 0 Å². The summed E-state index contributed by atoms with van der Waals surface area (Å²) in [6.45, 7) is 0.338. The van der Waals surface area contributed by atoms with Gasteiger partial charge in [-0.2, -0.15) is 0 Å². The standard InChI is InChI=1S/C18H17ClN2O3/c19-10-15(22)11-20-13-5-3-6-14(9-13)21-18(23)17-8-12-4-1-2-7-16(12)24-17/h1-9,15,20,22H,10-11H2,(H,21,23). The van der Waals surface area contributed by atoms with Crippen LogP contribution in [0.2, 0.25) is 0 Å². The van der Waals surface area contributed by atoms with Gasteiger partial charge in [-0.3, -0.25) is 4.79 Å². The van der Waals surface area contributed by atoms with Crippen molar-refractivity contribution in [2.24, 2.45) is 0 Å². The van der Waals surface area contributed by atoms with Gasteiger partial charge >= 0.3 is 0 Å². The maximum absolute atomic E-state index is 12.3. The molecule has 1 atom stereocenters. The van der Waals surface area contributed by atoms with Crippen molar-refractivity contribution in [2.45, 2.75) is 6.10 Å². The Morgan fingerprint density at radius 3 is 2.71 bits per heavy atom. The first-order valence-electron chi connectivity index (χ1n) is 7.53. The number of benzene rings is 2. The molecule has 1 amide bonds. The average molecular weight is 345 g/mol. The van der Waals surface area contributed by atoms with Crippen molar-refractivity contribution in [2.75, 3.05) is 23.1 Å². The van der Waals surface area contributed by atoms with Crippen molar-refractivity contribution in [3.63, 3.8) is 0 Å². The Bertz CT molecular complexity index is 814. The highest BCUT2D eigenvalue weighted by molar-refractivity contribution is 6.18. The Morgan fingerprint density at radius 2 is 1.92 bits per heavy atom. The minimum absolute atomic E-state index is 0.162. The fourth-order valence-corrected chi connectivity index (χ4v) is 2.39. The summed E-state index contributed by atoms with van der Waals surface area (Å²) in [5.41, 5.74) is 2.08. The molecule has 3 N–H and O–H groups in total. The lowest BCUT2D eigenvalue weighted by Crippen LogP contribution is -2.20. The van der Waals surface area contributed by atoms with Crippen LogP contribution in [0.15, 0.2) is 59.0 Å². The van der Waals surface area contributed by atoms with E-state index in [4.69, 9.17) is 16.0 Å². The third-order valence-electron chi connectivity index (χ3n) is 3.49. The van der Waals surface area contributed by atoms with E-state index in [-0.39, 0.29) is 17.5 Å². The highest BCUT2D eigenvalue weighted by Gasteiger charge is 2.12. The number of carbonyl (C=O) groups excluding carboxylic acids is 1. The number of halogens is 1. The van der Waals surface area contributed by atoms with Gasteiger partial charge < -0.3 is 20.2 Å². The lowest BCUT2D eigenvalue weighted by atomic mass is 10.2. The van der Waals surface area contributed by atoms with E-state index in [1.54, 1.807) is 18.2 Å². The predicted octanol–water partition coefficient (Wildman–Crippen LogP) is 3.70. The van der Waals surface area contributed by atoms with Crippen LogP contribution in [0.5, 0.6) is 0 Å². The van der Waals surface area contributed by atoms with Crippen molar-refractivity contribution in [1.29, 1.82) is 0 Å². The van der Waals surface area contributed by atoms with Crippen molar-refractivity contribution in [1.82, 2.24) is 0 Å². The number of aliphatic hydroxyl groups is 1. The second-order valence-corrected chi connectivity index (χ2v) is 5.68. The lowest BCUT2D eigenvalue weighted by molar-refractivity contribution is 0.0998. The highest BCUT2D eigenvalue weighted by Crippen LogP contribution is 2.21. The maximum Gasteiger partial charge on any atom is 0.291 e. The Hall–Kier alpha value is -2.50. The van der Waals surface area contributed by atoms with E-state index in [1.807, 2.05) is 36.4 Å². The molecule has 0 aliphatic heterocycles. The minimum atomic E-state index is -0.625. The Balaban J connectivity index is 1.69. The zero-order valence-corrected chi connectivity index (χ0v) is 13.6. The summed E-state index contributed by atoms with van der Waals surface area (Å²) in [7, 11) is 0. The van der Waals surface area contributed by atoms with Crippen LogP contribution in [-0.4, -0.2) is 29.5 Å². The van der Waals surface area contributed by atoms with Crippen LogP contribution >= 0.6 is 11.6 Å². The quantitative estimate of drug-likeness (QED) is 0.596. The van der Waals surface area contributed by atoms with Gasteiger partial charge in [-0.05, 0) is 30.3 Å². The summed E-state index contributed by atoms with van der Waals surface area (Å²) in [6.07, 6.45) is -0.625. The number of hydrogen-bond acceptors (Lipinski definition) is 4. The number of rotatable bonds is 6. The van der Waals surface area contributed by atoms with Crippen LogP contribution < -0.4 is 10.6 Å². The number of nitrogens with one attached hydrogen (secondary N) is 2. The molecule has 0 saturated heterocycles. The zero-order valence-electron chi connectivity index (χ0n) is 12.8. The van der Waals surface area contributed by atoms with Crippen LogP contribution in [-0.2, 0) is 0 Å². The van der Waals surface area contributed by atoms with Crippen LogP contribution in [0.4, 0.5) is 11.4 Å². The molecule has 0 fully saturated rings. The van der Waals surface area contributed by atoms with Crippen LogP contribution in [0.1, 0.15) is 10.6 Å². The van der Waals surface area contributed by atoms with Crippen molar-refractivity contribution < 1.29 is 14.3 Å². The SMILES string of the molecule is O=C(Nc1cccc(NCC(O)CCl)c1)c1cc2ccccc2o1. The van der Waals surface area contributed by atoms with Gasteiger partial charge in [0.25, 0.3) is 5.91 Å². The molecule has 24 heavy (non-hydrogen) atoms. The molecule has 0 bridgehead atoms. The van der Waals surface area contributed by atoms with E-state index in [9.17, 15) is 9.90 Å². The first-order valence-corrected chi connectivity index (χ1v) is 8.07. The third kappa shape index (κ3) is 3.88. The van der Waals surface area contributed by atoms with Crippen LogP contribution in [0.25, 0.3) is 11.0 Å². The fourth-order valence-electron chi connectivity index (χ4n) is 2.28. The molecule has 0 radical (unpaired) electrons. The summed E-state index contributed by atoms with van der Waals surface area (Å²) >= 11 is 5.56. The molecular weight excluding hydrogens is 328 g/mol. The van der Waals surface area contributed by atoms with E-state index in [1.165, 1.54) is 0 Å². The molecule has 3 rings (SSSR count). The van der Waals surface area contributed by atoms with Gasteiger partial charge in [-0.15, -0.1) is 11.6 Å². The Morgan fingerprint density at radius 1 is 1.12 bits per heavy atom. The van der Waals surface area contributed by atoms with Crippen molar-refractivity contribution >= 4 is 39.9 Å². The molecule has 1 heterocycles. The lowest BCUT2D eigenvalue weighted by Gasteiger charge is -2.11. The number of furan rings is 1. The largest absolute Gasteiger partial charge is 0.451 e. The summed E-state index contributed by atoms with van der Waals surface area (Å²) in [4.78, 5) is 12.3. The molecular formula is C18H17ClN2O3. The van der Waals surface area contributed by atoms with Gasteiger partial charge in [0, 0.05) is 23.3 Å². The number of para-hydroxylation sites is 1. The van der Waals surface area contributed by atoms with Gasteiger partial charge in [0.2, 0.25) is 0 Å². The number of amides is 1. The normalized spacial score (nSPS) is 12.1. The second-order valence-electron chi connectivity index (χ2n) is 5.37. The van der Waals surface area contributed by atoms with Gasteiger partial charge in [0.1, 0.15) is 5.58 Å². The minimum Gasteiger partial charge on any atom is -0.451 e. The Kier molecular flexibility index (Phi) is 5.03. The third-order valence-corrected chi connectivity index (χ3v) is 3.85. The van der Waals surface area contributed by atoms with Gasteiger partial charge in [0.15, 0.2) is 5.76 Å². The first-order chi connectivity index (χ1) is 11.7. The number of aliphatic hydroxyl groups excluding tert-OH is 1. The molecule has 6 heteroatoms. The fraction of sp³-hybridized carbons (Fsp3) is 0.167. The van der Waals surface area contributed by atoms with Crippen LogP contribution in [0.3, 0.4) is 0 Å². The van der Waals surface area contributed by atoms with Crippen LogP contribution in [0, 0.1) is 0 Å². The Labute approximate surface area is 144 Å². The number of hydrogen-bond donors (Lipinski definition) is 3. The molecule has 1 unspecified atom stereocenters. The number of anilines is 2. The van der Waals surface area contributed by atoms with Crippen molar-refractivity contribution in [3.05, 3.63) is 60.4 Å². The van der Waals surface area contributed by atoms with Gasteiger partial charge in [0.05, 0.1) is 12.0 Å². The van der Waals surface area contributed by atoms with E-state index in [0.717, 1.165) is 11.1 Å². The van der Waals surface area contributed by atoms with Gasteiger partial charge in [-0.25, -0.2) is 0 Å². The molecule has 0 aliphatic rings.